The molecule has 0 bridgehead atoms. The van der Waals surface area contributed by atoms with Gasteiger partial charge in [-0.15, -0.1) is 11.3 Å². The zero-order valence-electron chi connectivity index (χ0n) is 15.0. The average molecular weight is 387 g/mol. The monoisotopic (exact) mass is 387 g/mol. The molecule has 0 aliphatic heterocycles. The first-order chi connectivity index (χ1) is 13.0. The molecule has 3 rings (SSSR count). The van der Waals surface area contributed by atoms with Crippen LogP contribution in [0.25, 0.3) is 11.0 Å². The van der Waals surface area contributed by atoms with Gasteiger partial charge in [-0.2, -0.15) is 0 Å². The van der Waals surface area contributed by atoms with Crippen LogP contribution in [0.1, 0.15) is 34.3 Å². The Hall–Kier alpha value is -2.87. The molecule has 2 heterocycles. The average Bonchev–Trinajstić information content (AvgIpc) is 3.23. The summed E-state index contributed by atoms with van der Waals surface area (Å²) in [5.41, 5.74) is 1.60. The van der Waals surface area contributed by atoms with Crippen molar-refractivity contribution in [1.29, 1.82) is 0 Å². The van der Waals surface area contributed by atoms with Crippen LogP contribution in [0.2, 0.25) is 0 Å². The molecule has 7 nitrogen and oxygen atoms in total. The highest BCUT2D eigenvalue weighted by Crippen LogP contribution is 2.16. The van der Waals surface area contributed by atoms with Gasteiger partial charge in [-0.3, -0.25) is 13.9 Å². The van der Waals surface area contributed by atoms with E-state index in [9.17, 15) is 14.4 Å². The van der Waals surface area contributed by atoms with E-state index in [0.717, 1.165) is 33.7 Å². The van der Waals surface area contributed by atoms with E-state index >= 15 is 0 Å². The summed E-state index contributed by atoms with van der Waals surface area (Å²) < 4.78 is 3.38. The van der Waals surface area contributed by atoms with Crippen molar-refractivity contribution in [3.05, 3.63) is 56.6 Å². The molecule has 0 radical (unpaired) electrons. The van der Waals surface area contributed by atoms with Gasteiger partial charge in [-0.25, -0.2) is 9.59 Å². The standard InChI is InChI=1S/C19H21N3O4S/c1-2-10-21-14-5-3-4-6-15(14)22(19(21)26)11-9-17(23)20-12-13-7-8-16(27-13)18(24)25/h3-8H,2,9-12H2,1H3,(H,20,23)(H,24,25). The fourth-order valence-electron chi connectivity index (χ4n) is 3.00. The first-order valence-electron chi connectivity index (χ1n) is 8.78. The highest BCUT2D eigenvalue weighted by molar-refractivity contribution is 7.13. The van der Waals surface area contributed by atoms with E-state index in [1.54, 1.807) is 15.2 Å². The zero-order valence-corrected chi connectivity index (χ0v) is 15.8. The molecule has 0 unspecified atom stereocenters. The van der Waals surface area contributed by atoms with Crippen LogP contribution in [0.5, 0.6) is 0 Å². The number of imidazole rings is 1. The van der Waals surface area contributed by atoms with Gasteiger partial charge in [0, 0.05) is 24.4 Å². The number of benzene rings is 1. The lowest BCUT2D eigenvalue weighted by molar-refractivity contribution is -0.121. The number of carboxylic acid groups (broad SMARTS) is 1. The number of nitrogens with one attached hydrogen (secondary N) is 1. The molecule has 0 spiro atoms. The van der Waals surface area contributed by atoms with Gasteiger partial charge in [0.1, 0.15) is 4.88 Å². The van der Waals surface area contributed by atoms with Crippen LogP contribution < -0.4 is 11.0 Å². The minimum atomic E-state index is -0.972. The number of nitrogens with zero attached hydrogens (tertiary/aromatic N) is 2. The Bertz CT molecular complexity index is 1030. The number of hydrogen-bond acceptors (Lipinski definition) is 4. The number of aromatic nitrogens is 2. The summed E-state index contributed by atoms with van der Waals surface area (Å²) in [5, 5.41) is 11.7. The van der Waals surface area contributed by atoms with Crippen molar-refractivity contribution in [3.63, 3.8) is 0 Å². The third kappa shape index (κ3) is 4.11. The van der Waals surface area contributed by atoms with E-state index in [0.29, 0.717) is 13.1 Å². The van der Waals surface area contributed by atoms with Gasteiger partial charge in [-0.1, -0.05) is 19.1 Å². The number of hydrogen-bond donors (Lipinski definition) is 2. The van der Waals surface area contributed by atoms with Gasteiger partial charge in [-0.05, 0) is 30.7 Å². The summed E-state index contributed by atoms with van der Waals surface area (Å²) in [6.45, 7) is 3.24. The molecule has 0 fully saturated rings. The quantitative estimate of drug-likeness (QED) is 0.621. The van der Waals surface area contributed by atoms with Gasteiger partial charge in [0.15, 0.2) is 0 Å². The number of carboxylic acids is 1. The van der Waals surface area contributed by atoms with Crippen LogP contribution in [0.15, 0.2) is 41.2 Å². The zero-order chi connectivity index (χ0) is 19.4. The summed E-state index contributed by atoms with van der Waals surface area (Å²) in [6, 6.07) is 10.8. The molecule has 3 aromatic rings. The van der Waals surface area contributed by atoms with E-state index in [2.05, 4.69) is 5.32 Å². The Morgan fingerprint density at radius 3 is 2.33 bits per heavy atom. The summed E-state index contributed by atoms with van der Waals surface area (Å²) >= 11 is 1.14. The lowest BCUT2D eigenvalue weighted by Crippen LogP contribution is -2.28. The van der Waals surface area contributed by atoms with Crippen molar-refractivity contribution in [1.82, 2.24) is 14.5 Å². The molecule has 0 aliphatic rings. The lowest BCUT2D eigenvalue weighted by atomic mass is 10.3. The van der Waals surface area contributed by atoms with Gasteiger partial charge < -0.3 is 10.4 Å². The molecule has 0 saturated heterocycles. The lowest BCUT2D eigenvalue weighted by Gasteiger charge is -2.05. The Labute approximate surface area is 159 Å². The number of fused-ring (bicyclic) bond motifs is 1. The number of carbonyl (C=O) groups is 2. The maximum atomic E-state index is 12.7. The SMILES string of the molecule is CCCn1c(=O)n(CCC(=O)NCc2ccc(C(=O)O)s2)c2ccccc21. The highest BCUT2D eigenvalue weighted by Gasteiger charge is 2.13. The third-order valence-electron chi connectivity index (χ3n) is 4.27. The van der Waals surface area contributed by atoms with Crippen molar-refractivity contribution in [2.24, 2.45) is 0 Å². The highest BCUT2D eigenvalue weighted by atomic mass is 32.1. The van der Waals surface area contributed by atoms with Crippen LogP contribution in [0, 0.1) is 0 Å². The Kier molecular flexibility index (Phi) is 5.75. The maximum absolute atomic E-state index is 12.7. The summed E-state index contributed by atoms with van der Waals surface area (Å²) in [7, 11) is 0. The summed E-state index contributed by atoms with van der Waals surface area (Å²) in [5.74, 6) is -1.15. The Balaban J connectivity index is 1.65. The van der Waals surface area contributed by atoms with Gasteiger partial charge >= 0.3 is 11.7 Å². The third-order valence-corrected chi connectivity index (χ3v) is 5.34. The van der Waals surface area contributed by atoms with Gasteiger partial charge in [0.2, 0.25) is 5.91 Å². The van der Waals surface area contributed by atoms with Gasteiger partial charge in [0.25, 0.3) is 0 Å². The second-order valence-corrected chi connectivity index (χ2v) is 7.34. The second kappa shape index (κ2) is 8.22. The van der Waals surface area contributed by atoms with Crippen molar-refractivity contribution in [2.75, 3.05) is 0 Å². The predicted molar refractivity (Wildman–Crippen MR) is 104 cm³/mol. The first-order valence-corrected chi connectivity index (χ1v) is 9.59. The summed E-state index contributed by atoms with van der Waals surface area (Å²) in [4.78, 5) is 36.8. The van der Waals surface area contributed by atoms with E-state index in [-0.39, 0.29) is 29.4 Å². The molecule has 0 atom stereocenters. The maximum Gasteiger partial charge on any atom is 0.345 e. The fourth-order valence-corrected chi connectivity index (χ4v) is 3.79. The van der Waals surface area contributed by atoms with Crippen molar-refractivity contribution in [2.45, 2.75) is 39.4 Å². The van der Waals surface area contributed by atoms with Gasteiger partial charge in [0.05, 0.1) is 17.6 Å². The smallest absolute Gasteiger partial charge is 0.345 e. The number of thiophene rings is 1. The van der Waals surface area contributed by atoms with Crippen molar-refractivity contribution < 1.29 is 14.7 Å². The number of aromatic carboxylic acids is 1. The van der Waals surface area contributed by atoms with E-state index in [4.69, 9.17) is 5.11 Å². The van der Waals surface area contributed by atoms with E-state index in [1.165, 1.54) is 6.07 Å². The fraction of sp³-hybridized carbons (Fsp3) is 0.316. The largest absolute Gasteiger partial charge is 0.477 e. The van der Waals surface area contributed by atoms with Crippen LogP contribution in [0.3, 0.4) is 0 Å². The first kappa shape index (κ1) is 18.9. The Morgan fingerprint density at radius 1 is 1.07 bits per heavy atom. The predicted octanol–water partition coefficient (Wildman–Crippen LogP) is 2.68. The molecule has 0 aliphatic carbocycles. The second-order valence-electron chi connectivity index (χ2n) is 6.17. The minimum absolute atomic E-state index is 0.102. The molecular weight excluding hydrogens is 366 g/mol. The number of para-hydroxylation sites is 2. The topological polar surface area (TPSA) is 93.3 Å². The van der Waals surface area contributed by atoms with Crippen LogP contribution in [-0.4, -0.2) is 26.1 Å². The molecule has 1 aromatic carbocycles. The molecule has 27 heavy (non-hydrogen) atoms. The molecule has 0 saturated carbocycles. The summed E-state index contributed by atoms with van der Waals surface area (Å²) in [6.07, 6.45) is 1.03. The molecule has 2 aromatic heterocycles. The van der Waals surface area contributed by atoms with E-state index < -0.39 is 5.97 Å². The van der Waals surface area contributed by atoms with E-state index in [1.807, 2.05) is 31.2 Å². The number of carbonyl (C=O) groups excluding carboxylic acids is 1. The molecule has 2 N–H and O–H groups in total. The Morgan fingerprint density at radius 2 is 1.74 bits per heavy atom. The van der Waals surface area contributed by atoms with Crippen molar-refractivity contribution in [3.8, 4) is 0 Å². The molecule has 142 valence electrons. The van der Waals surface area contributed by atoms with Crippen LogP contribution in [-0.2, 0) is 24.4 Å². The number of aryl methyl sites for hydroxylation is 2. The molecule has 8 heteroatoms. The number of rotatable bonds is 8. The minimum Gasteiger partial charge on any atom is -0.477 e. The van der Waals surface area contributed by atoms with Crippen LogP contribution in [0.4, 0.5) is 0 Å². The number of amides is 1. The van der Waals surface area contributed by atoms with Crippen molar-refractivity contribution >= 4 is 34.2 Å². The molecular formula is C19H21N3O4S. The normalized spacial score (nSPS) is 11.0. The molecule has 1 amide bonds. The van der Waals surface area contributed by atoms with Crippen LogP contribution >= 0.6 is 11.3 Å².